The summed E-state index contributed by atoms with van der Waals surface area (Å²) in [5, 5.41) is 0. The van der Waals surface area contributed by atoms with Crippen molar-refractivity contribution in [1.29, 1.82) is 0 Å². The van der Waals surface area contributed by atoms with E-state index in [0.717, 1.165) is 0 Å². The van der Waals surface area contributed by atoms with Crippen LogP contribution in [0.15, 0.2) is 16.6 Å². The molecule has 0 bridgehead atoms. The first-order chi connectivity index (χ1) is 5.24. The predicted molar refractivity (Wildman–Crippen MR) is 38.2 cm³/mol. The molecule has 4 nitrogen and oxygen atoms in total. The fourth-order valence-corrected chi connectivity index (χ4v) is 0.753. The van der Waals surface area contributed by atoms with E-state index in [2.05, 4.69) is 9.73 Å². The van der Waals surface area contributed by atoms with Gasteiger partial charge in [-0.2, -0.15) is 0 Å². The first-order valence-electron chi connectivity index (χ1n) is 3.09. The molecule has 0 fully saturated rings. The van der Waals surface area contributed by atoms with Crippen LogP contribution in [0, 0.1) is 0 Å². The molecule has 0 atom stereocenters. The molecule has 1 aliphatic rings. The molecule has 0 N–H and O–H groups in total. The summed E-state index contributed by atoms with van der Waals surface area (Å²) in [6.45, 7) is 0. The number of nitrogens with zero attached hydrogens (tertiary/aromatic N) is 1. The number of carbonyl (C=O) groups is 2. The van der Waals surface area contributed by atoms with E-state index in [-0.39, 0.29) is 0 Å². The third-order valence-corrected chi connectivity index (χ3v) is 1.28. The van der Waals surface area contributed by atoms with Crippen LogP contribution in [-0.4, -0.2) is 25.2 Å². The Hall–Kier alpha value is -1.45. The van der Waals surface area contributed by atoms with Crippen molar-refractivity contribution in [2.45, 2.75) is 6.42 Å². The third kappa shape index (κ3) is 1.73. The largest absolute Gasteiger partial charge is 0.466 e. The Morgan fingerprint density at radius 2 is 2.45 bits per heavy atom. The fraction of sp³-hybridized carbons (Fsp3) is 0.286. The molecule has 1 aliphatic heterocycles. The normalized spacial score (nSPS) is 16.1. The number of dihydropyridines is 1. The average Bonchev–Trinajstić information content (AvgIpc) is 2.03. The van der Waals surface area contributed by atoms with E-state index in [4.69, 9.17) is 0 Å². The molecule has 58 valence electrons. The quantitative estimate of drug-likeness (QED) is 0.501. The molecular weight excluding hydrogens is 146 g/mol. The molecule has 0 aromatic carbocycles. The smallest absolute Gasteiger partial charge is 0.334 e. The Kier molecular flexibility index (Phi) is 2.15. The average molecular weight is 153 g/mol. The maximum atomic E-state index is 10.8. The number of rotatable bonds is 1. The van der Waals surface area contributed by atoms with Gasteiger partial charge in [0.1, 0.15) is 0 Å². The highest BCUT2D eigenvalue weighted by Gasteiger charge is 2.12. The summed E-state index contributed by atoms with van der Waals surface area (Å²) in [6.07, 6.45) is 2.96. The number of aliphatic imine (C=N–C) groups is 1. The summed E-state index contributed by atoms with van der Waals surface area (Å²) in [6, 6.07) is 0. The van der Waals surface area contributed by atoms with Gasteiger partial charge in [0.15, 0.2) is 0 Å². The van der Waals surface area contributed by atoms with Gasteiger partial charge >= 0.3 is 5.97 Å². The monoisotopic (exact) mass is 153 g/mol. The SMILES string of the molecule is COC(=O)C1=CC(=O)N=CC1. The number of methoxy groups -OCH3 is 1. The van der Waals surface area contributed by atoms with Crippen molar-refractivity contribution in [3.8, 4) is 0 Å². The second-order valence-corrected chi connectivity index (χ2v) is 2.02. The first kappa shape index (κ1) is 7.65. The van der Waals surface area contributed by atoms with Crippen molar-refractivity contribution < 1.29 is 14.3 Å². The van der Waals surface area contributed by atoms with E-state index in [1.54, 1.807) is 0 Å². The minimum atomic E-state index is -0.468. The molecule has 0 radical (unpaired) electrons. The number of hydrogen-bond donors (Lipinski definition) is 0. The number of carbonyl (C=O) groups excluding carboxylic acids is 2. The highest BCUT2D eigenvalue weighted by atomic mass is 16.5. The van der Waals surface area contributed by atoms with Gasteiger partial charge in [-0.15, -0.1) is 0 Å². The molecular formula is C7H7NO3. The van der Waals surface area contributed by atoms with Crippen LogP contribution in [0.5, 0.6) is 0 Å². The van der Waals surface area contributed by atoms with Gasteiger partial charge in [-0.3, -0.25) is 4.79 Å². The molecule has 1 rings (SSSR count). The molecule has 0 aromatic heterocycles. The summed E-state index contributed by atoms with van der Waals surface area (Å²) in [4.78, 5) is 24.9. The standard InChI is InChI=1S/C7H7NO3/c1-11-7(10)5-2-3-8-6(9)4-5/h3-4H,2H2,1H3. The van der Waals surface area contributed by atoms with Crippen molar-refractivity contribution in [2.75, 3.05) is 7.11 Å². The summed E-state index contributed by atoms with van der Waals surface area (Å²) in [7, 11) is 1.28. The Bertz CT molecular complexity index is 252. The van der Waals surface area contributed by atoms with Crippen LogP contribution >= 0.6 is 0 Å². The highest BCUT2D eigenvalue weighted by molar-refractivity contribution is 6.05. The van der Waals surface area contributed by atoms with Crippen LogP contribution in [0.25, 0.3) is 0 Å². The maximum Gasteiger partial charge on any atom is 0.334 e. The molecule has 11 heavy (non-hydrogen) atoms. The molecule has 0 aliphatic carbocycles. The van der Waals surface area contributed by atoms with Crippen molar-refractivity contribution in [3.63, 3.8) is 0 Å². The van der Waals surface area contributed by atoms with Gasteiger partial charge in [-0.1, -0.05) is 0 Å². The van der Waals surface area contributed by atoms with Crippen LogP contribution < -0.4 is 0 Å². The van der Waals surface area contributed by atoms with E-state index in [1.807, 2.05) is 0 Å². The summed E-state index contributed by atoms with van der Waals surface area (Å²) in [5.74, 6) is -0.874. The lowest BCUT2D eigenvalue weighted by Gasteiger charge is -2.03. The van der Waals surface area contributed by atoms with Crippen LogP contribution in [-0.2, 0) is 14.3 Å². The van der Waals surface area contributed by atoms with Crippen LogP contribution in [0.3, 0.4) is 0 Å². The van der Waals surface area contributed by atoms with Crippen molar-refractivity contribution in [2.24, 2.45) is 4.99 Å². The molecule has 0 saturated heterocycles. The van der Waals surface area contributed by atoms with Gasteiger partial charge in [0.2, 0.25) is 0 Å². The lowest BCUT2D eigenvalue weighted by atomic mass is 10.1. The maximum absolute atomic E-state index is 10.8. The molecule has 1 amide bonds. The molecule has 0 unspecified atom stereocenters. The summed E-state index contributed by atoms with van der Waals surface area (Å²) >= 11 is 0. The molecule has 1 heterocycles. The van der Waals surface area contributed by atoms with Crippen molar-refractivity contribution in [1.82, 2.24) is 0 Å². The predicted octanol–water partition coefficient (Wildman–Crippen LogP) is 0.0869. The lowest BCUT2D eigenvalue weighted by Crippen LogP contribution is -2.10. The Morgan fingerprint density at radius 3 is 3.00 bits per heavy atom. The van der Waals surface area contributed by atoms with Gasteiger partial charge in [0.25, 0.3) is 5.91 Å². The van der Waals surface area contributed by atoms with E-state index in [1.165, 1.54) is 19.4 Å². The molecule has 0 saturated carbocycles. The molecule has 0 aromatic rings. The Balaban J connectivity index is 2.74. The van der Waals surface area contributed by atoms with Crippen molar-refractivity contribution in [3.05, 3.63) is 11.6 Å². The van der Waals surface area contributed by atoms with Gasteiger partial charge < -0.3 is 4.74 Å². The molecule has 4 heteroatoms. The van der Waals surface area contributed by atoms with Crippen LogP contribution in [0.2, 0.25) is 0 Å². The zero-order valence-corrected chi connectivity index (χ0v) is 6.03. The summed E-state index contributed by atoms with van der Waals surface area (Å²) < 4.78 is 4.42. The number of esters is 1. The van der Waals surface area contributed by atoms with Gasteiger partial charge in [0.05, 0.1) is 7.11 Å². The van der Waals surface area contributed by atoms with Crippen LogP contribution in [0.1, 0.15) is 6.42 Å². The fourth-order valence-electron chi connectivity index (χ4n) is 0.753. The minimum Gasteiger partial charge on any atom is -0.466 e. The first-order valence-corrected chi connectivity index (χ1v) is 3.09. The zero-order chi connectivity index (χ0) is 8.27. The van der Waals surface area contributed by atoms with Gasteiger partial charge in [-0.25, -0.2) is 9.79 Å². The third-order valence-electron chi connectivity index (χ3n) is 1.28. The van der Waals surface area contributed by atoms with E-state index >= 15 is 0 Å². The number of ether oxygens (including phenoxy) is 1. The minimum absolute atomic E-state index is 0.354. The van der Waals surface area contributed by atoms with Gasteiger partial charge in [-0.05, 0) is 0 Å². The lowest BCUT2D eigenvalue weighted by molar-refractivity contribution is -0.136. The van der Waals surface area contributed by atoms with E-state index in [0.29, 0.717) is 12.0 Å². The second-order valence-electron chi connectivity index (χ2n) is 2.02. The second kappa shape index (κ2) is 3.09. The van der Waals surface area contributed by atoms with E-state index < -0.39 is 11.9 Å². The topological polar surface area (TPSA) is 55.7 Å². The highest BCUT2D eigenvalue weighted by Crippen LogP contribution is 2.06. The summed E-state index contributed by atoms with van der Waals surface area (Å²) in [5.41, 5.74) is 0.354. The Labute approximate surface area is 63.6 Å². The van der Waals surface area contributed by atoms with Crippen LogP contribution in [0.4, 0.5) is 0 Å². The van der Waals surface area contributed by atoms with E-state index in [9.17, 15) is 9.59 Å². The zero-order valence-electron chi connectivity index (χ0n) is 6.03. The van der Waals surface area contributed by atoms with Gasteiger partial charge in [0, 0.05) is 24.3 Å². The molecule has 0 spiro atoms. The number of amides is 1. The van der Waals surface area contributed by atoms with Crippen molar-refractivity contribution >= 4 is 18.1 Å². The Morgan fingerprint density at radius 1 is 1.73 bits per heavy atom. The number of hydrogen-bond acceptors (Lipinski definition) is 3.